The van der Waals surface area contributed by atoms with E-state index in [1.165, 1.54) is 0 Å². The Morgan fingerprint density at radius 2 is 2.06 bits per heavy atom. The first-order valence-corrected chi connectivity index (χ1v) is 12.4. The van der Waals surface area contributed by atoms with Crippen LogP contribution in [0, 0.1) is 6.92 Å². The number of unbranched alkanes of at least 4 members (excludes halogenated alkanes) is 1. The first-order chi connectivity index (χ1) is 17.5. The third-order valence-corrected chi connectivity index (χ3v) is 6.82. The van der Waals surface area contributed by atoms with Crippen molar-refractivity contribution in [3.63, 3.8) is 0 Å². The molecule has 1 aliphatic rings. The molecule has 2 aromatic heterocycles. The predicted octanol–water partition coefficient (Wildman–Crippen LogP) is 6.06. The number of aryl methyl sites for hydroxylation is 1. The van der Waals surface area contributed by atoms with Crippen molar-refractivity contribution in [1.82, 2.24) is 20.1 Å². The molecule has 0 bridgehead atoms. The molecule has 0 saturated heterocycles. The Balaban J connectivity index is 1.63. The van der Waals surface area contributed by atoms with Gasteiger partial charge in [-0.15, -0.1) is 0 Å². The molecule has 8 heteroatoms. The van der Waals surface area contributed by atoms with Crippen LogP contribution in [0.3, 0.4) is 0 Å². The van der Waals surface area contributed by atoms with Gasteiger partial charge in [0.1, 0.15) is 22.9 Å². The second kappa shape index (κ2) is 10.0. The number of carbonyl (C=O) groups is 1. The number of aromatic nitrogens is 3. The summed E-state index contributed by atoms with van der Waals surface area (Å²) in [5.74, 6) is 0.627. The number of hydrogen-bond acceptors (Lipinski definition) is 5. The van der Waals surface area contributed by atoms with Crippen LogP contribution in [0.5, 0.6) is 11.5 Å². The minimum atomic E-state index is -0.448. The summed E-state index contributed by atoms with van der Waals surface area (Å²) in [6.45, 7) is 4.93. The lowest BCUT2D eigenvalue weighted by Crippen LogP contribution is -2.29. The van der Waals surface area contributed by atoms with E-state index in [9.17, 15) is 9.90 Å². The lowest BCUT2D eigenvalue weighted by atomic mass is 9.95. The van der Waals surface area contributed by atoms with Crippen molar-refractivity contribution in [2.45, 2.75) is 39.3 Å². The Bertz CT molecular complexity index is 1400. The summed E-state index contributed by atoms with van der Waals surface area (Å²) >= 11 is 6.40. The normalized spacial score (nSPS) is 14.8. The number of H-pyrrole nitrogens is 1. The first kappa shape index (κ1) is 23.9. The number of benzene rings is 2. The molecule has 0 radical (unpaired) electrons. The topological polar surface area (TPSA) is 91.3 Å². The van der Waals surface area contributed by atoms with Crippen LogP contribution >= 0.6 is 11.6 Å². The zero-order valence-electron chi connectivity index (χ0n) is 20.2. The fourth-order valence-corrected chi connectivity index (χ4v) is 4.73. The molecule has 0 fully saturated rings. The number of aromatic amines is 1. The lowest BCUT2D eigenvalue weighted by Gasteiger charge is -2.27. The molecule has 36 heavy (non-hydrogen) atoms. The maximum Gasteiger partial charge on any atom is 0.273 e. The number of ether oxygens (including phenoxy) is 1. The number of rotatable bonds is 8. The summed E-state index contributed by atoms with van der Waals surface area (Å²) in [7, 11) is 0. The Hall–Kier alpha value is -3.84. The fraction of sp³-hybridized carbons (Fsp3) is 0.250. The molecule has 1 amide bonds. The van der Waals surface area contributed by atoms with Gasteiger partial charge in [0, 0.05) is 35.1 Å². The van der Waals surface area contributed by atoms with Crippen LogP contribution in [0.25, 0.3) is 11.3 Å². The van der Waals surface area contributed by atoms with E-state index in [-0.39, 0.29) is 11.7 Å². The Kier molecular flexibility index (Phi) is 6.65. The van der Waals surface area contributed by atoms with Gasteiger partial charge in [-0.25, -0.2) is 0 Å². The molecule has 1 atom stereocenters. The molecule has 5 rings (SSSR count). The summed E-state index contributed by atoms with van der Waals surface area (Å²) in [6.07, 6.45) is 5.47. The van der Waals surface area contributed by atoms with E-state index in [1.807, 2.05) is 43.3 Å². The number of fused-ring (bicyclic) bond motifs is 1. The number of hydrogen-bond donors (Lipinski definition) is 2. The fourth-order valence-electron chi connectivity index (χ4n) is 4.56. The third kappa shape index (κ3) is 4.42. The molecule has 7 nitrogen and oxygen atoms in total. The Labute approximate surface area is 214 Å². The van der Waals surface area contributed by atoms with E-state index in [2.05, 4.69) is 22.1 Å². The van der Waals surface area contributed by atoms with Crippen molar-refractivity contribution < 1.29 is 14.6 Å². The molecule has 3 heterocycles. The van der Waals surface area contributed by atoms with Gasteiger partial charge in [-0.2, -0.15) is 5.10 Å². The van der Waals surface area contributed by atoms with Gasteiger partial charge in [0.25, 0.3) is 5.91 Å². The number of nitrogens with one attached hydrogen (secondary N) is 1. The van der Waals surface area contributed by atoms with Crippen LogP contribution in [0.15, 0.2) is 60.9 Å². The van der Waals surface area contributed by atoms with Gasteiger partial charge in [0.05, 0.1) is 12.6 Å². The van der Waals surface area contributed by atoms with E-state index < -0.39 is 6.04 Å². The van der Waals surface area contributed by atoms with Crippen molar-refractivity contribution >= 4 is 17.5 Å². The van der Waals surface area contributed by atoms with Gasteiger partial charge < -0.3 is 14.7 Å². The highest BCUT2D eigenvalue weighted by Crippen LogP contribution is 2.46. The van der Waals surface area contributed by atoms with Crippen molar-refractivity contribution in [2.24, 2.45) is 0 Å². The van der Waals surface area contributed by atoms with Gasteiger partial charge in [-0.3, -0.25) is 14.9 Å². The highest BCUT2D eigenvalue weighted by molar-refractivity contribution is 6.31. The van der Waals surface area contributed by atoms with Crippen LogP contribution in [-0.4, -0.2) is 37.7 Å². The number of phenols is 1. The number of aromatic hydroxyl groups is 1. The molecule has 0 aliphatic carbocycles. The SMILES string of the molecule is CCCCOc1cccc(C2c3c(-c4cc(Cl)c(C)cc4O)n[nH]c3C(=O)N2Cc2cccnc2)c1. The maximum atomic E-state index is 13.6. The molecule has 2 N–H and O–H groups in total. The standard InChI is InChI=1S/C28H27ClN4O3/c1-3-4-11-36-20-9-5-8-19(13-20)27-24-25(21-14-22(29)17(2)12-23(21)34)31-32-26(24)28(35)33(27)16-18-7-6-10-30-15-18/h5-10,12-15,27,34H,3-4,11,16H2,1-2H3,(H,31,32). The van der Waals surface area contributed by atoms with Crippen molar-refractivity contribution in [2.75, 3.05) is 6.61 Å². The summed E-state index contributed by atoms with van der Waals surface area (Å²) in [6, 6.07) is 14.5. The van der Waals surface area contributed by atoms with Gasteiger partial charge in [0.15, 0.2) is 0 Å². The molecule has 184 valence electrons. The predicted molar refractivity (Wildman–Crippen MR) is 138 cm³/mol. The molecular formula is C28H27ClN4O3. The molecule has 1 aliphatic heterocycles. The first-order valence-electron chi connectivity index (χ1n) is 12.0. The highest BCUT2D eigenvalue weighted by Gasteiger charge is 2.42. The number of carbonyl (C=O) groups excluding carboxylic acids is 1. The second-order valence-corrected chi connectivity index (χ2v) is 9.36. The van der Waals surface area contributed by atoms with E-state index >= 15 is 0 Å². The van der Waals surface area contributed by atoms with Gasteiger partial charge in [0.2, 0.25) is 0 Å². The second-order valence-electron chi connectivity index (χ2n) is 8.95. The Morgan fingerprint density at radius 1 is 1.19 bits per heavy atom. The highest BCUT2D eigenvalue weighted by atomic mass is 35.5. The van der Waals surface area contributed by atoms with E-state index in [4.69, 9.17) is 16.3 Å². The molecule has 4 aromatic rings. The molecular weight excluding hydrogens is 476 g/mol. The summed E-state index contributed by atoms with van der Waals surface area (Å²) in [5, 5.41) is 18.7. The number of nitrogens with zero attached hydrogens (tertiary/aromatic N) is 3. The third-order valence-electron chi connectivity index (χ3n) is 6.41. The maximum absolute atomic E-state index is 13.6. The molecule has 2 aromatic carbocycles. The van der Waals surface area contributed by atoms with Crippen LogP contribution in [0.4, 0.5) is 0 Å². The molecule has 0 saturated carbocycles. The summed E-state index contributed by atoms with van der Waals surface area (Å²) in [4.78, 5) is 19.6. The minimum absolute atomic E-state index is 0.0553. The number of amides is 1. The summed E-state index contributed by atoms with van der Waals surface area (Å²) in [5.41, 5.74) is 4.62. The zero-order chi connectivity index (χ0) is 25.2. The average Bonchev–Trinajstić information content (AvgIpc) is 3.41. The van der Waals surface area contributed by atoms with Crippen LogP contribution in [0.2, 0.25) is 5.02 Å². The van der Waals surface area contributed by atoms with Crippen molar-refractivity contribution in [3.05, 3.63) is 93.9 Å². The Morgan fingerprint density at radius 3 is 2.83 bits per heavy atom. The van der Waals surface area contributed by atoms with Gasteiger partial charge in [-0.05, 0) is 60.4 Å². The van der Waals surface area contributed by atoms with E-state index in [1.54, 1.807) is 29.4 Å². The van der Waals surface area contributed by atoms with Gasteiger partial charge in [-0.1, -0.05) is 43.1 Å². The van der Waals surface area contributed by atoms with E-state index in [0.717, 1.165) is 35.3 Å². The minimum Gasteiger partial charge on any atom is -0.507 e. The molecule has 1 unspecified atom stereocenters. The van der Waals surface area contributed by atoms with Crippen LogP contribution < -0.4 is 4.74 Å². The lowest BCUT2D eigenvalue weighted by molar-refractivity contribution is 0.0729. The van der Waals surface area contributed by atoms with Gasteiger partial charge >= 0.3 is 0 Å². The largest absolute Gasteiger partial charge is 0.507 e. The van der Waals surface area contributed by atoms with Crippen LogP contribution in [-0.2, 0) is 6.54 Å². The number of halogens is 1. The van der Waals surface area contributed by atoms with E-state index in [0.29, 0.717) is 40.7 Å². The smallest absolute Gasteiger partial charge is 0.273 e. The molecule has 0 spiro atoms. The van der Waals surface area contributed by atoms with Crippen molar-refractivity contribution in [1.29, 1.82) is 0 Å². The van der Waals surface area contributed by atoms with Crippen molar-refractivity contribution in [3.8, 4) is 22.8 Å². The monoisotopic (exact) mass is 502 g/mol. The number of phenolic OH excluding ortho intramolecular Hbond substituents is 1. The quantitative estimate of drug-likeness (QED) is 0.285. The summed E-state index contributed by atoms with van der Waals surface area (Å²) < 4.78 is 5.97. The van der Waals surface area contributed by atoms with Crippen LogP contribution in [0.1, 0.15) is 58.5 Å². The number of pyridine rings is 1. The average molecular weight is 503 g/mol. The zero-order valence-corrected chi connectivity index (χ0v) is 20.9.